The van der Waals surface area contributed by atoms with E-state index in [0.29, 0.717) is 6.42 Å². The van der Waals surface area contributed by atoms with Crippen molar-refractivity contribution in [1.82, 2.24) is 9.97 Å². The number of benzene rings is 3. The maximum atomic E-state index is 5.51. The minimum atomic E-state index is 0.714. The molecule has 0 spiro atoms. The first-order valence-corrected chi connectivity index (χ1v) is 11.3. The first kappa shape index (κ1) is 19.9. The zero-order valence-corrected chi connectivity index (χ0v) is 18.2. The van der Waals surface area contributed by atoms with Gasteiger partial charge in [0.1, 0.15) is 0 Å². The van der Waals surface area contributed by atoms with Crippen molar-refractivity contribution in [2.45, 2.75) is 6.42 Å². The molecule has 0 saturated carbocycles. The number of terminal acetylenes is 1. The molecule has 0 saturated heterocycles. The topological polar surface area (TPSA) is 25.8 Å². The Morgan fingerprint density at radius 1 is 0.812 bits per heavy atom. The number of hydrogen-bond acceptors (Lipinski definition) is 3. The van der Waals surface area contributed by atoms with E-state index in [1.165, 1.54) is 20.5 Å². The Labute approximate surface area is 191 Å². The monoisotopic (exact) mass is 428 g/mol. The van der Waals surface area contributed by atoms with Crippen LogP contribution in [0.4, 0.5) is 0 Å². The van der Waals surface area contributed by atoms with Crippen molar-refractivity contribution in [1.29, 1.82) is 0 Å². The van der Waals surface area contributed by atoms with Crippen LogP contribution < -0.4 is 0 Å². The number of thiophene rings is 1. The van der Waals surface area contributed by atoms with Crippen LogP contribution in [0.1, 0.15) is 16.1 Å². The largest absolute Gasteiger partial charge is 0.233 e. The molecular formula is C29H20N2S. The summed E-state index contributed by atoms with van der Waals surface area (Å²) in [6.45, 7) is 0. The molecule has 2 heterocycles. The Balaban J connectivity index is 1.64. The fourth-order valence-electron chi connectivity index (χ4n) is 3.79. The Hall–Kier alpha value is -4.00. The van der Waals surface area contributed by atoms with Crippen LogP contribution in [0.3, 0.4) is 0 Å². The third kappa shape index (κ3) is 4.09. The van der Waals surface area contributed by atoms with Gasteiger partial charge in [-0.15, -0.1) is 17.8 Å². The van der Waals surface area contributed by atoms with E-state index in [0.717, 1.165) is 28.3 Å². The van der Waals surface area contributed by atoms with Crippen LogP contribution in [0.15, 0.2) is 97.1 Å². The summed E-state index contributed by atoms with van der Waals surface area (Å²) in [4.78, 5) is 11.1. The summed E-state index contributed by atoms with van der Waals surface area (Å²) in [7, 11) is 0. The van der Waals surface area contributed by atoms with Gasteiger partial charge in [0.25, 0.3) is 0 Å². The van der Waals surface area contributed by atoms with Crippen molar-refractivity contribution >= 4 is 27.5 Å². The number of rotatable bonds is 5. The van der Waals surface area contributed by atoms with E-state index < -0.39 is 0 Å². The second-order valence-electron chi connectivity index (χ2n) is 7.41. The van der Waals surface area contributed by atoms with Gasteiger partial charge in [0, 0.05) is 27.1 Å². The molecule has 0 aliphatic rings. The van der Waals surface area contributed by atoms with Crippen LogP contribution in [0, 0.1) is 12.3 Å². The molecule has 0 aliphatic carbocycles. The maximum absolute atomic E-state index is 5.51. The third-order valence-electron chi connectivity index (χ3n) is 5.28. The summed E-state index contributed by atoms with van der Waals surface area (Å²) >= 11 is 1.79. The molecule has 2 aromatic heterocycles. The number of fused-ring (bicyclic) bond motifs is 1. The molecule has 0 unspecified atom stereocenters. The quantitative estimate of drug-likeness (QED) is 0.275. The van der Waals surface area contributed by atoms with Gasteiger partial charge in [0.05, 0.1) is 11.4 Å². The fourth-order valence-corrected chi connectivity index (χ4v) is 5.00. The molecule has 152 valence electrons. The van der Waals surface area contributed by atoms with Gasteiger partial charge in [-0.05, 0) is 35.2 Å². The molecule has 0 aliphatic heterocycles. The Bertz CT molecular complexity index is 1380. The summed E-state index contributed by atoms with van der Waals surface area (Å²) in [5, 5.41) is 1.22. The lowest BCUT2D eigenvalue weighted by atomic mass is 10.1. The van der Waals surface area contributed by atoms with Gasteiger partial charge in [0.15, 0.2) is 5.82 Å². The molecule has 2 nitrogen and oxygen atoms in total. The summed E-state index contributed by atoms with van der Waals surface area (Å²) < 4.78 is 1.25. The Kier molecular flexibility index (Phi) is 5.61. The van der Waals surface area contributed by atoms with Gasteiger partial charge in [-0.3, -0.25) is 0 Å². The zero-order valence-electron chi connectivity index (χ0n) is 17.4. The zero-order chi connectivity index (χ0) is 21.8. The number of nitrogens with zero attached hydrogens (tertiary/aromatic N) is 2. The van der Waals surface area contributed by atoms with Crippen molar-refractivity contribution in [2.75, 3.05) is 0 Å². The molecule has 0 bridgehead atoms. The van der Waals surface area contributed by atoms with Crippen LogP contribution in [0.2, 0.25) is 0 Å². The molecule has 3 heteroatoms. The smallest absolute Gasteiger partial charge is 0.160 e. The highest BCUT2D eigenvalue weighted by Crippen LogP contribution is 2.34. The Morgan fingerprint density at radius 2 is 1.50 bits per heavy atom. The highest BCUT2D eigenvalue weighted by Gasteiger charge is 2.14. The lowest BCUT2D eigenvalue weighted by Gasteiger charge is -2.09. The van der Waals surface area contributed by atoms with E-state index in [2.05, 4.69) is 60.5 Å². The standard InChI is InChI=1S/C29H20N2S/c1-2-3-16-25-24-17-10-11-18-27(24)32-28(25)20-23-19-26(21-12-6-4-7-13-21)31-29(30-23)22-14-8-5-9-15-22/h1,3-19H,20H2/b16-3-. The summed E-state index contributed by atoms with van der Waals surface area (Å²) in [6.07, 6.45) is 10.0. The van der Waals surface area contributed by atoms with Gasteiger partial charge in [0.2, 0.25) is 0 Å². The van der Waals surface area contributed by atoms with E-state index in [1.807, 2.05) is 42.5 Å². The second kappa shape index (κ2) is 9.01. The minimum Gasteiger partial charge on any atom is -0.233 e. The summed E-state index contributed by atoms with van der Waals surface area (Å²) in [6, 6.07) is 30.9. The average molecular weight is 429 g/mol. The lowest BCUT2D eigenvalue weighted by molar-refractivity contribution is 1.05. The van der Waals surface area contributed by atoms with Crippen molar-refractivity contribution in [3.63, 3.8) is 0 Å². The fraction of sp³-hybridized carbons (Fsp3) is 0.0345. The lowest BCUT2D eigenvalue weighted by Crippen LogP contribution is -1.99. The van der Waals surface area contributed by atoms with Gasteiger partial charge >= 0.3 is 0 Å². The minimum absolute atomic E-state index is 0.714. The van der Waals surface area contributed by atoms with Crippen LogP contribution in [0.5, 0.6) is 0 Å². The normalized spacial score (nSPS) is 11.1. The van der Waals surface area contributed by atoms with Gasteiger partial charge in [-0.2, -0.15) is 0 Å². The number of hydrogen-bond donors (Lipinski definition) is 0. The maximum Gasteiger partial charge on any atom is 0.160 e. The van der Waals surface area contributed by atoms with E-state index in [-0.39, 0.29) is 0 Å². The van der Waals surface area contributed by atoms with E-state index in [4.69, 9.17) is 16.4 Å². The van der Waals surface area contributed by atoms with Crippen LogP contribution in [-0.4, -0.2) is 9.97 Å². The molecule has 32 heavy (non-hydrogen) atoms. The molecule has 5 aromatic rings. The molecule has 0 atom stereocenters. The van der Waals surface area contributed by atoms with Crippen molar-refractivity contribution in [3.8, 4) is 35.0 Å². The van der Waals surface area contributed by atoms with Crippen LogP contribution in [-0.2, 0) is 6.42 Å². The highest BCUT2D eigenvalue weighted by molar-refractivity contribution is 7.19. The SMILES string of the molecule is C#C/C=C\c1c(Cc2cc(-c3ccccc3)nc(-c3ccccc3)n2)sc2ccccc12. The second-order valence-corrected chi connectivity index (χ2v) is 8.55. The summed E-state index contributed by atoms with van der Waals surface area (Å²) in [5.41, 5.74) is 5.17. The Morgan fingerprint density at radius 3 is 2.25 bits per heavy atom. The first-order chi connectivity index (χ1) is 15.8. The van der Waals surface area contributed by atoms with E-state index in [1.54, 1.807) is 17.4 Å². The molecule has 5 rings (SSSR count). The van der Waals surface area contributed by atoms with Gasteiger partial charge < -0.3 is 0 Å². The predicted molar refractivity (Wildman–Crippen MR) is 135 cm³/mol. The van der Waals surface area contributed by atoms with Crippen molar-refractivity contribution in [2.24, 2.45) is 0 Å². The van der Waals surface area contributed by atoms with Crippen LogP contribution in [0.25, 0.3) is 38.8 Å². The highest BCUT2D eigenvalue weighted by atomic mass is 32.1. The molecular weight excluding hydrogens is 408 g/mol. The number of allylic oxidation sites excluding steroid dienone is 1. The van der Waals surface area contributed by atoms with Gasteiger partial charge in [-0.25, -0.2) is 9.97 Å². The molecule has 0 amide bonds. The van der Waals surface area contributed by atoms with E-state index in [9.17, 15) is 0 Å². The summed E-state index contributed by atoms with van der Waals surface area (Å²) in [5.74, 6) is 3.36. The predicted octanol–water partition coefficient (Wildman–Crippen LogP) is 7.26. The molecule has 3 aromatic carbocycles. The first-order valence-electron chi connectivity index (χ1n) is 10.4. The molecule has 0 fully saturated rings. The van der Waals surface area contributed by atoms with Crippen LogP contribution >= 0.6 is 11.3 Å². The average Bonchev–Trinajstić information content (AvgIpc) is 3.20. The van der Waals surface area contributed by atoms with Crippen molar-refractivity contribution < 1.29 is 0 Å². The molecule has 0 N–H and O–H groups in total. The van der Waals surface area contributed by atoms with Gasteiger partial charge in [-0.1, -0.05) is 84.8 Å². The molecule has 0 radical (unpaired) electrons. The van der Waals surface area contributed by atoms with Crippen molar-refractivity contribution in [3.05, 3.63) is 113 Å². The third-order valence-corrected chi connectivity index (χ3v) is 6.47. The number of aromatic nitrogens is 2. The van der Waals surface area contributed by atoms with E-state index >= 15 is 0 Å².